The van der Waals surface area contributed by atoms with Crippen LogP contribution in [0.3, 0.4) is 0 Å². The van der Waals surface area contributed by atoms with Crippen LogP contribution in [0.5, 0.6) is 0 Å². The number of nitrogens with one attached hydrogen (secondary N) is 1. The molecule has 0 spiro atoms. The van der Waals surface area contributed by atoms with Crippen molar-refractivity contribution in [3.8, 4) is 0 Å². The van der Waals surface area contributed by atoms with E-state index in [2.05, 4.69) is 27.3 Å². The van der Waals surface area contributed by atoms with Gasteiger partial charge in [0.15, 0.2) is 5.82 Å². The van der Waals surface area contributed by atoms with E-state index in [1.165, 1.54) is 5.56 Å². The summed E-state index contributed by atoms with van der Waals surface area (Å²) >= 11 is 0. The van der Waals surface area contributed by atoms with Crippen LogP contribution >= 0.6 is 0 Å². The molecule has 3 heterocycles. The molecule has 2 aromatic rings. The Bertz CT molecular complexity index is 693. The molecule has 130 valence electrons. The number of carbonyl (C=O) groups is 1. The second kappa shape index (κ2) is 6.75. The number of aromatic nitrogens is 4. The lowest BCUT2D eigenvalue weighted by molar-refractivity contribution is -0.132. The molecule has 1 saturated heterocycles. The molecule has 1 aliphatic heterocycles. The standard InChI is InChI=1S/C17H25N5O2/c1-10(16-11(2)19-20-12(16)3)9-15(23)22-7-5-14(6-8-22)17-18-13(4)24-21-17/h10,14H,5-9H2,1-4H3,(H,19,20). The molecule has 1 unspecified atom stereocenters. The summed E-state index contributed by atoms with van der Waals surface area (Å²) in [7, 11) is 0. The molecule has 1 amide bonds. The zero-order valence-corrected chi connectivity index (χ0v) is 14.8. The summed E-state index contributed by atoms with van der Waals surface area (Å²) in [6, 6.07) is 0. The third kappa shape index (κ3) is 3.34. The molecule has 1 fully saturated rings. The predicted molar refractivity (Wildman–Crippen MR) is 88.7 cm³/mol. The minimum absolute atomic E-state index is 0.175. The van der Waals surface area contributed by atoms with Gasteiger partial charge in [-0.1, -0.05) is 12.1 Å². The molecular weight excluding hydrogens is 306 g/mol. The Labute approximate surface area is 141 Å². The minimum atomic E-state index is 0.175. The van der Waals surface area contributed by atoms with Crippen LogP contribution in [0.2, 0.25) is 0 Å². The number of H-pyrrole nitrogens is 1. The normalized spacial score (nSPS) is 17.2. The van der Waals surface area contributed by atoms with Crippen molar-refractivity contribution in [2.75, 3.05) is 13.1 Å². The molecule has 7 nitrogen and oxygen atoms in total. The fourth-order valence-electron chi connectivity index (χ4n) is 3.65. The highest BCUT2D eigenvalue weighted by molar-refractivity contribution is 5.77. The first kappa shape index (κ1) is 16.7. The van der Waals surface area contributed by atoms with E-state index in [4.69, 9.17) is 4.52 Å². The lowest BCUT2D eigenvalue weighted by Crippen LogP contribution is -2.38. The Kier molecular flexibility index (Phi) is 4.69. The molecule has 3 rings (SSSR count). The van der Waals surface area contributed by atoms with Gasteiger partial charge in [-0.15, -0.1) is 0 Å². The molecule has 0 aliphatic carbocycles. The molecule has 1 aliphatic rings. The molecular formula is C17H25N5O2. The van der Waals surface area contributed by atoms with Crippen LogP contribution < -0.4 is 0 Å². The Hall–Kier alpha value is -2.18. The maximum Gasteiger partial charge on any atom is 0.223 e. The fourth-order valence-corrected chi connectivity index (χ4v) is 3.65. The SMILES string of the molecule is Cc1nc(C2CCN(C(=O)CC(C)c3c(C)n[nH]c3C)CC2)no1. The van der Waals surface area contributed by atoms with E-state index < -0.39 is 0 Å². The van der Waals surface area contributed by atoms with Crippen LogP contribution in [0, 0.1) is 20.8 Å². The predicted octanol–water partition coefficient (Wildman–Crippen LogP) is 2.62. The summed E-state index contributed by atoms with van der Waals surface area (Å²) in [5.41, 5.74) is 3.21. The second-order valence-corrected chi connectivity index (χ2v) is 6.78. The molecule has 0 bridgehead atoms. The van der Waals surface area contributed by atoms with Gasteiger partial charge in [0, 0.05) is 38.0 Å². The quantitative estimate of drug-likeness (QED) is 0.930. The monoisotopic (exact) mass is 331 g/mol. The molecule has 7 heteroatoms. The van der Waals surface area contributed by atoms with E-state index in [0.29, 0.717) is 18.2 Å². The Morgan fingerprint density at radius 3 is 2.58 bits per heavy atom. The van der Waals surface area contributed by atoms with Gasteiger partial charge in [-0.2, -0.15) is 10.1 Å². The summed E-state index contributed by atoms with van der Waals surface area (Å²) in [6.45, 7) is 9.40. The van der Waals surface area contributed by atoms with Crippen molar-refractivity contribution in [2.24, 2.45) is 0 Å². The lowest BCUT2D eigenvalue weighted by atomic mass is 9.93. The molecule has 0 radical (unpaired) electrons. The van der Waals surface area contributed by atoms with Crippen molar-refractivity contribution in [2.45, 2.75) is 58.8 Å². The number of nitrogens with zero attached hydrogens (tertiary/aromatic N) is 4. The highest BCUT2D eigenvalue weighted by Gasteiger charge is 2.28. The fraction of sp³-hybridized carbons (Fsp3) is 0.647. The number of hydrogen-bond acceptors (Lipinski definition) is 5. The van der Waals surface area contributed by atoms with Gasteiger partial charge in [0.05, 0.1) is 5.69 Å². The van der Waals surface area contributed by atoms with Gasteiger partial charge in [-0.25, -0.2) is 0 Å². The molecule has 2 aromatic heterocycles. The Morgan fingerprint density at radius 1 is 1.33 bits per heavy atom. The van der Waals surface area contributed by atoms with Crippen LogP contribution in [0.25, 0.3) is 0 Å². The first-order chi connectivity index (χ1) is 11.5. The number of piperidine rings is 1. The van der Waals surface area contributed by atoms with E-state index in [-0.39, 0.29) is 11.8 Å². The van der Waals surface area contributed by atoms with E-state index >= 15 is 0 Å². The smallest absolute Gasteiger partial charge is 0.223 e. The molecule has 24 heavy (non-hydrogen) atoms. The number of aromatic amines is 1. The van der Waals surface area contributed by atoms with E-state index in [0.717, 1.165) is 43.1 Å². The van der Waals surface area contributed by atoms with Crippen molar-refractivity contribution in [3.63, 3.8) is 0 Å². The Morgan fingerprint density at radius 2 is 2.04 bits per heavy atom. The van der Waals surface area contributed by atoms with Gasteiger partial charge in [0.1, 0.15) is 0 Å². The maximum atomic E-state index is 12.6. The van der Waals surface area contributed by atoms with Crippen molar-refractivity contribution in [1.29, 1.82) is 0 Å². The van der Waals surface area contributed by atoms with Gasteiger partial charge in [-0.3, -0.25) is 9.89 Å². The van der Waals surface area contributed by atoms with Crippen LogP contribution in [-0.2, 0) is 4.79 Å². The summed E-state index contributed by atoms with van der Waals surface area (Å²) in [6.07, 6.45) is 2.30. The number of hydrogen-bond donors (Lipinski definition) is 1. The van der Waals surface area contributed by atoms with Crippen molar-refractivity contribution >= 4 is 5.91 Å². The summed E-state index contributed by atoms with van der Waals surface area (Å²) in [5.74, 6) is 2.06. The highest BCUT2D eigenvalue weighted by atomic mass is 16.5. The van der Waals surface area contributed by atoms with Gasteiger partial charge in [0.25, 0.3) is 0 Å². The minimum Gasteiger partial charge on any atom is -0.343 e. The number of aryl methyl sites for hydroxylation is 3. The lowest BCUT2D eigenvalue weighted by Gasteiger charge is -2.31. The van der Waals surface area contributed by atoms with E-state index in [1.807, 2.05) is 18.7 Å². The first-order valence-corrected chi connectivity index (χ1v) is 8.55. The summed E-state index contributed by atoms with van der Waals surface area (Å²) < 4.78 is 5.06. The number of amides is 1. The third-order valence-electron chi connectivity index (χ3n) is 4.91. The third-order valence-corrected chi connectivity index (χ3v) is 4.91. The Balaban J connectivity index is 1.55. The number of likely N-dealkylation sites (tertiary alicyclic amines) is 1. The van der Waals surface area contributed by atoms with Crippen LogP contribution in [0.4, 0.5) is 0 Å². The number of rotatable bonds is 4. The van der Waals surface area contributed by atoms with Gasteiger partial charge < -0.3 is 9.42 Å². The zero-order chi connectivity index (χ0) is 17.3. The van der Waals surface area contributed by atoms with Gasteiger partial charge in [0.2, 0.25) is 11.8 Å². The highest BCUT2D eigenvalue weighted by Crippen LogP contribution is 2.29. The topological polar surface area (TPSA) is 87.9 Å². The maximum absolute atomic E-state index is 12.6. The largest absolute Gasteiger partial charge is 0.343 e. The van der Waals surface area contributed by atoms with Gasteiger partial charge in [-0.05, 0) is 38.2 Å². The van der Waals surface area contributed by atoms with Crippen LogP contribution in [-0.4, -0.2) is 44.2 Å². The average Bonchev–Trinajstić information content (AvgIpc) is 3.13. The average molecular weight is 331 g/mol. The molecule has 1 atom stereocenters. The summed E-state index contributed by atoms with van der Waals surface area (Å²) in [5, 5.41) is 11.2. The van der Waals surface area contributed by atoms with Gasteiger partial charge >= 0.3 is 0 Å². The van der Waals surface area contributed by atoms with Crippen molar-refractivity contribution in [3.05, 3.63) is 28.7 Å². The van der Waals surface area contributed by atoms with Crippen LogP contribution in [0.1, 0.15) is 66.7 Å². The number of carbonyl (C=O) groups excluding carboxylic acids is 1. The second-order valence-electron chi connectivity index (χ2n) is 6.78. The van der Waals surface area contributed by atoms with Crippen molar-refractivity contribution in [1.82, 2.24) is 25.2 Å². The first-order valence-electron chi connectivity index (χ1n) is 8.55. The molecule has 0 aromatic carbocycles. The van der Waals surface area contributed by atoms with Crippen molar-refractivity contribution < 1.29 is 9.32 Å². The van der Waals surface area contributed by atoms with E-state index in [1.54, 1.807) is 6.92 Å². The molecule has 0 saturated carbocycles. The summed E-state index contributed by atoms with van der Waals surface area (Å²) in [4.78, 5) is 18.9. The van der Waals surface area contributed by atoms with Crippen LogP contribution in [0.15, 0.2) is 4.52 Å². The zero-order valence-electron chi connectivity index (χ0n) is 14.8. The van der Waals surface area contributed by atoms with E-state index in [9.17, 15) is 4.79 Å². The molecule has 1 N–H and O–H groups in total.